The number of fused-ring (bicyclic) bond motifs is 2. The van der Waals surface area contributed by atoms with Crippen LogP contribution in [0.4, 0.5) is 0 Å². The summed E-state index contributed by atoms with van der Waals surface area (Å²) in [4.78, 5) is 53.6. The molecule has 6 aliphatic rings. The molecular formula is C29H34O11. The monoisotopic (exact) mass is 558 g/mol. The molecule has 1 spiro atoms. The number of carbonyl (C=O) groups excluding carboxylic acids is 4. The number of Topliss-reactive ketones (excluding diaryl/α,β-unsaturated/α-hetero) is 1. The number of ether oxygens (including phenoxy) is 4. The Morgan fingerprint density at radius 3 is 2.52 bits per heavy atom. The van der Waals surface area contributed by atoms with Crippen LogP contribution in [-0.4, -0.2) is 70.0 Å². The van der Waals surface area contributed by atoms with Crippen LogP contribution in [0.15, 0.2) is 23.0 Å². The smallest absolute Gasteiger partial charge is 0.335 e. The van der Waals surface area contributed by atoms with E-state index in [1.165, 1.54) is 19.5 Å². The van der Waals surface area contributed by atoms with E-state index in [-0.39, 0.29) is 18.6 Å². The zero-order valence-electron chi connectivity index (χ0n) is 23.1. The Bertz CT molecular complexity index is 1360. The highest BCUT2D eigenvalue weighted by molar-refractivity contribution is 5.95. The molecule has 40 heavy (non-hydrogen) atoms. The van der Waals surface area contributed by atoms with Gasteiger partial charge in [-0.05, 0) is 18.9 Å². The fourth-order valence-electron chi connectivity index (χ4n) is 11.2. The molecular weight excluding hydrogens is 524 g/mol. The SMILES string of the molecule is COC(=O)C(O)[C@@H]1[C@@]2(C)[C@H]3CC[C@@](C)([C@@H](O)c4ccoc4)[C@]45CC(=O)O[C@]34[C@H]3[C@@H](O5)C(=O)[C@@]1(C)C[C@]32OC(C)=O. The van der Waals surface area contributed by atoms with Crippen LogP contribution in [0.25, 0.3) is 0 Å². The molecule has 2 N–H and O–H groups in total. The molecule has 2 saturated heterocycles. The number of hydrogen-bond acceptors (Lipinski definition) is 11. The van der Waals surface area contributed by atoms with Crippen molar-refractivity contribution < 1.29 is 52.8 Å². The third-order valence-electron chi connectivity index (χ3n) is 12.3. The van der Waals surface area contributed by atoms with E-state index in [1.807, 2.05) is 13.8 Å². The molecule has 1 aromatic heterocycles. The molecule has 3 heterocycles. The zero-order chi connectivity index (χ0) is 28.8. The van der Waals surface area contributed by atoms with Gasteiger partial charge in [-0.15, -0.1) is 0 Å². The van der Waals surface area contributed by atoms with Gasteiger partial charge in [0, 0.05) is 47.0 Å². The summed E-state index contributed by atoms with van der Waals surface area (Å²) in [6.45, 7) is 6.66. The van der Waals surface area contributed by atoms with Crippen LogP contribution in [0.1, 0.15) is 65.0 Å². The lowest BCUT2D eigenvalue weighted by Gasteiger charge is -2.59. The van der Waals surface area contributed by atoms with Gasteiger partial charge in [-0.1, -0.05) is 20.8 Å². The molecule has 2 aliphatic heterocycles. The Morgan fingerprint density at radius 2 is 1.90 bits per heavy atom. The van der Waals surface area contributed by atoms with E-state index < -0.39 is 87.0 Å². The third kappa shape index (κ3) is 2.33. The van der Waals surface area contributed by atoms with Crippen LogP contribution in [0.2, 0.25) is 0 Å². The minimum absolute atomic E-state index is 0.0328. The number of methoxy groups -OCH3 is 1. The van der Waals surface area contributed by atoms with Crippen LogP contribution >= 0.6 is 0 Å². The van der Waals surface area contributed by atoms with Crippen molar-refractivity contribution in [1.82, 2.24) is 0 Å². The highest BCUT2D eigenvalue weighted by atomic mass is 16.6. The van der Waals surface area contributed by atoms with Gasteiger partial charge in [0.2, 0.25) is 0 Å². The van der Waals surface area contributed by atoms with Gasteiger partial charge in [0.05, 0.1) is 38.1 Å². The number of rotatable bonds is 5. The maximum atomic E-state index is 14.5. The molecule has 2 bridgehead atoms. The summed E-state index contributed by atoms with van der Waals surface area (Å²) in [6, 6.07) is 1.65. The molecule has 11 heteroatoms. The lowest BCUT2D eigenvalue weighted by Crippen LogP contribution is -2.68. The quantitative estimate of drug-likeness (QED) is 0.400. The van der Waals surface area contributed by atoms with Gasteiger partial charge in [0.15, 0.2) is 17.5 Å². The van der Waals surface area contributed by atoms with Crippen LogP contribution in [-0.2, 0) is 38.1 Å². The number of furan rings is 1. The van der Waals surface area contributed by atoms with E-state index in [4.69, 9.17) is 23.4 Å². The molecule has 216 valence electrons. The highest BCUT2D eigenvalue weighted by Crippen LogP contribution is 2.87. The second-order valence-corrected chi connectivity index (χ2v) is 13.4. The van der Waals surface area contributed by atoms with Gasteiger partial charge < -0.3 is 33.6 Å². The number of hydrogen-bond donors (Lipinski definition) is 2. The molecule has 0 amide bonds. The summed E-state index contributed by atoms with van der Waals surface area (Å²) in [5.74, 6) is -4.84. The number of aliphatic hydroxyl groups excluding tert-OH is 2. The summed E-state index contributed by atoms with van der Waals surface area (Å²) < 4.78 is 29.7. The van der Waals surface area contributed by atoms with E-state index in [9.17, 15) is 29.4 Å². The van der Waals surface area contributed by atoms with Gasteiger partial charge in [0.1, 0.15) is 17.3 Å². The van der Waals surface area contributed by atoms with Crippen molar-refractivity contribution >= 4 is 23.7 Å². The Balaban J connectivity index is 1.53. The standard InChI is InChI=1S/C29H34O11/c1-13(30)38-27-12-24(2)19(17(32)23(35)36-5)26(27,4)15-6-8-25(3,21(33)14-7-9-37-11-14)28-10-16(31)39-29(15,28)20(27)18(40-28)22(24)34/h7,9,11,15,17-21,32-33H,6,8,10,12H2,1-5H3/t15-,17?,18-,19+,20+,21+,24+,25+,26-,27+,28-,29+/m1/s1. The predicted octanol–water partition coefficient (Wildman–Crippen LogP) is 1.63. The zero-order valence-corrected chi connectivity index (χ0v) is 23.1. The summed E-state index contributed by atoms with van der Waals surface area (Å²) >= 11 is 0. The van der Waals surface area contributed by atoms with E-state index in [1.54, 1.807) is 13.0 Å². The average molecular weight is 559 g/mol. The van der Waals surface area contributed by atoms with Crippen LogP contribution in [0, 0.1) is 34.0 Å². The summed E-state index contributed by atoms with van der Waals surface area (Å²) in [5, 5.41) is 23.3. The molecule has 7 rings (SSSR count). The van der Waals surface area contributed by atoms with Crippen LogP contribution in [0.3, 0.4) is 0 Å². The van der Waals surface area contributed by atoms with Crippen LogP contribution < -0.4 is 0 Å². The van der Waals surface area contributed by atoms with Gasteiger partial charge >= 0.3 is 17.9 Å². The molecule has 1 aromatic rings. The normalized spacial score (nSPS) is 50.8. The van der Waals surface area contributed by atoms with Crippen molar-refractivity contribution in [2.75, 3.05) is 7.11 Å². The Kier molecular flexibility index (Phi) is 4.81. The lowest BCUT2D eigenvalue weighted by atomic mass is 9.47. The number of aliphatic hydroxyl groups is 2. The van der Waals surface area contributed by atoms with E-state index in [0.717, 1.165) is 7.11 Å². The first-order chi connectivity index (χ1) is 18.7. The molecule has 0 radical (unpaired) electrons. The second kappa shape index (κ2) is 7.35. The molecule has 0 aromatic carbocycles. The van der Waals surface area contributed by atoms with Gasteiger partial charge in [-0.25, -0.2) is 4.79 Å². The summed E-state index contributed by atoms with van der Waals surface area (Å²) in [6.07, 6.45) is -0.520. The summed E-state index contributed by atoms with van der Waals surface area (Å²) in [7, 11) is 1.16. The number of carbonyl (C=O) groups is 4. The van der Waals surface area contributed by atoms with Crippen molar-refractivity contribution in [2.24, 2.45) is 34.0 Å². The van der Waals surface area contributed by atoms with Crippen molar-refractivity contribution in [2.45, 2.75) is 88.5 Å². The van der Waals surface area contributed by atoms with Gasteiger partial charge in [-0.3, -0.25) is 14.4 Å². The average Bonchev–Trinajstić information content (AvgIpc) is 3.63. The molecule has 4 saturated carbocycles. The van der Waals surface area contributed by atoms with Crippen molar-refractivity contribution in [3.63, 3.8) is 0 Å². The molecule has 12 atom stereocenters. The lowest BCUT2D eigenvalue weighted by molar-refractivity contribution is -0.249. The molecule has 11 nitrogen and oxygen atoms in total. The number of ketones is 1. The Hall–Kier alpha value is -2.76. The summed E-state index contributed by atoms with van der Waals surface area (Å²) in [5.41, 5.74) is -7.41. The van der Waals surface area contributed by atoms with E-state index in [0.29, 0.717) is 18.4 Å². The molecule has 1 unspecified atom stereocenters. The highest BCUT2D eigenvalue weighted by Gasteiger charge is 2.99. The fraction of sp³-hybridized carbons (Fsp3) is 0.724. The maximum absolute atomic E-state index is 14.5. The minimum atomic E-state index is -1.70. The van der Waals surface area contributed by atoms with E-state index in [2.05, 4.69) is 0 Å². The Morgan fingerprint density at radius 1 is 1.18 bits per heavy atom. The third-order valence-corrected chi connectivity index (χ3v) is 12.3. The fourth-order valence-corrected chi connectivity index (χ4v) is 11.2. The predicted molar refractivity (Wildman–Crippen MR) is 131 cm³/mol. The van der Waals surface area contributed by atoms with Crippen LogP contribution in [0.5, 0.6) is 0 Å². The van der Waals surface area contributed by atoms with Gasteiger partial charge in [0.25, 0.3) is 0 Å². The van der Waals surface area contributed by atoms with Crippen molar-refractivity contribution in [3.05, 3.63) is 24.2 Å². The first kappa shape index (κ1) is 26.2. The van der Waals surface area contributed by atoms with Gasteiger partial charge in [-0.2, -0.15) is 0 Å². The number of esters is 3. The maximum Gasteiger partial charge on any atom is 0.335 e. The molecule has 4 aliphatic carbocycles. The minimum Gasteiger partial charge on any atom is -0.472 e. The second-order valence-electron chi connectivity index (χ2n) is 13.4. The first-order valence-corrected chi connectivity index (χ1v) is 13.8. The van der Waals surface area contributed by atoms with Crippen molar-refractivity contribution in [3.8, 4) is 0 Å². The topological polar surface area (TPSA) is 159 Å². The first-order valence-electron chi connectivity index (χ1n) is 13.8. The largest absolute Gasteiger partial charge is 0.472 e. The van der Waals surface area contributed by atoms with Crippen molar-refractivity contribution in [1.29, 1.82) is 0 Å². The Labute approximate surface area is 230 Å². The van der Waals surface area contributed by atoms with E-state index >= 15 is 0 Å². The molecule has 6 fully saturated rings.